The van der Waals surface area contributed by atoms with Crippen molar-refractivity contribution in [2.45, 2.75) is 37.3 Å². The number of rotatable bonds is 2. The van der Waals surface area contributed by atoms with Crippen LogP contribution in [0.25, 0.3) is 0 Å². The molecule has 0 aliphatic carbocycles. The summed E-state index contributed by atoms with van der Waals surface area (Å²) >= 11 is 1.51. The number of methoxy groups -OCH3 is 1. The van der Waals surface area contributed by atoms with E-state index in [-0.39, 0.29) is 17.5 Å². The van der Waals surface area contributed by atoms with Crippen molar-refractivity contribution in [1.29, 1.82) is 0 Å². The zero-order chi connectivity index (χ0) is 14.0. The van der Waals surface area contributed by atoms with Crippen LogP contribution in [0.15, 0.2) is 0 Å². The first-order chi connectivity index (χ1) is 9.04. The maximum absolute atomic E-state index is 12.5. The van der Waals surface area contributed by atoms with Crippen LogP contribution in [0.1, 0.15) is 19.8 Å². The molecule has 2 rings (SSSR count). The van der Waals surface area contributed by atoms with Gasteiger partial charge in [-0.15, -0.1) is 11.8 Å². The molecule has 6 nitrogen and oxygen atoms in total. The third-order valence-electron chi connectivity index (χ3n) is 3.77. The summed E-state index contributed by atoms with van der Waals surface area (Å²) in [5.74, 6) is -0.450. The minimum atomic E-state index is -0.919. The minimum Gasteiger partial charge on any atom is -0.480 e. The van der Waals surface area contributed by atoms with E-state index in [0.717, 1.165) is 12.8 Å². The Morgan fingerprint density at radius 3 is 2.47 bits per heavy atom. The van der Waals surface area contributed by atoms with E-state index in [4.69, 9.17) is 4.74 Å². The number of hydrogen-bond acceptors (Lipinski definition) is 4. The predicted octanol–water partition coefficient (Wildman–Crippen LogP) is 1.07. The zero-order valence-electron chi connectivity index (χ0n) is 11.2. The van der Waals surface area contributed by atoms with Crippen LogP contribution in [-0.4, -0.2) is 70.4 Å². The molecule has 0 aromatic carbocycles. The van der Waals surface area contributed by atoms with Crippen LogP contribution in [0.5, 0.6) is 0 Å². The maximum Gasteiger partial charge on any atom is 0.327 e. The maximum atomic E-state index is 12.5. The van der Waals surface area contributed by atoms with Crippen LogP contribution in [0.3, 0.4) is 0 Å². The number of piperidine rings is 1. The molecular weight excluding hydrogens is 268 g/mol. The molecule has 108 valence electrons. The summed E-state index contributed by atoms with van der Waals surface area (Å²) in [6.07, 6.45) is 1.84. The number of carboxylic acids is 1. The third-order valence-corrected chi connectivity index (χ3v) is 4.99. The van der Waals surface area contributed by atoms with Gasteiger partial charge in [-0.1, -0.05) is 0 Å². The number of aliphatic carboxylic acids is 1. The molecule has 2 aliphatic heterocycles. The normalized spacial score (nSPS) is 28.7. The Morgan fingerprint density at radius 1 is 1.32 bits per heavy atom. The fourth-order valence-corrected chi connectivity index (χ4v) is 3.73. The average Bonchev–Trinajstić information content (AvgIpc) is 2.80. The molecule has 2 aliphatic rings. The summed E-state index contributed by atoms with van der Waals surface area (Å²) in [5, 5.41) is 9.11. The number of carboxylic acid groups (broad SMARTS) is 1. The number of ether oxygens (including phenoxy) is 1. The number of nitrogens with zero attached hydrogens (tertiary/aromatic N) is 2. The van der Waals surface area contributed by atoms with E-state index < -0.39 is 12.0 Å². The van der Waals surface area contributed by atoms with Crippen molar-refractivity contribution >= 4 is 23.8 Å². The number of hydrogen-bond donors (Lipinski definition) is 1. The lowest BCUT2D eigenvalue weighted by molar-refractivity contribution is -0.141. The molecule has 0 aromatic heterocycles. The number of carbonyl (C=O) groups excluding carboxylic acids is 1. The van der Waals surface area contributed by atoms with Gasteiger partial charge in [-0.3, -0.25) is 4.90 Å². The Morgan fingerprint density at radius 2 is 1.95 bits per heavy atom. The SMILES string of the molecule is COC1CCN(C(=O)N2C(C)SCC2C(=O)O)CC1. The summed E-state index contributed by atoms with van der Waals surface area (Å²) in [6.45, 7) is 3.16. The Kier molecular flexibility index (Phi) is 4.57. The van der Waals surface area contributed by atoms with E-state index in [0.29, 0.717) is 18.8 Å². The van der Waals surface area contributed by atoms with Crippen molar-refractivity contribution in [2.75, 3.05) is 26.0 Å². The highest BCUT2D eigenvalue weighted by molar-refractivity contribution is 8.00. The van der Waals surface area contributed by atoms with Gasteiger partial charge in [-0.25, -0.2) is 9.59 Å². The van der Waals surface area contributed by atoms with Gasteiger partial charge in [0.15, 0.2) is 0 Å². The molecule has 19 heavy (non-hydrogen) atoms. The van der Waals surface area contributed by atoms with E-state index in [1.807, 2.05) is 6.92 Å². The summed E-state index contributed by atoms with van der Waals surface area (Å²) < 4.78 is 5.28. The Hall–Kier alpha value is -0.950. The highest BCUT2D eigenvalue weighted by atomic mass is 32.2. The van der Waals surface area contributed by atoms with Crippen molar-refractivity contribution in [3.05, 3.63) is 0 Å². The first-order valence-corrected chi connectivity index (χ1v) is 7.54. The molecule has 0 spiro atoms. The highest BCUT2D eigenvalue weighted by Crippen LogP contribution is 2.30. The van der Waals surface area contributed by atoms with E-state index in [1.54, 1.807) is 12.0 Å². The molecule has 0 radical (unpaired) electrons. The summed E-state index contributed by atoms with van der Waals surface area (Å²) in [6, 6.07) is -0.855. The standard InChI is InChI=1S/C12H20N2O4S/c1-8-14(10(7-19-8)11(15)16)12(17)13-5-3-9(18-2)4-6-13/h8-10H,3-7H2,1-2H3,(H,15,16). The molecule has 2 saturated heterocycles. The zero-order valence-corrected chi connectivity index (χ0v) is 12.1. The summed E-state index contributed by atoms with van der Waals surface area (Å²) in [5.41, 5.74) is 0. The van der Waals surface area contributed by atoms with Gasteiger partial charge < -0.3 is 14.7 Å². The fourth-order valence-electron chi connectivity index (χ4n) is 2.57. The smallest absolute Gasteiger partial charge is 0.327 e. The van der Waals surface area contributed by atoms with Gasteiger partial charge in [0.25, 0.3) is 0 Å². The van der Waals surface area contributed by atoms with Gasteiger partial charge in [-0.2, -0.15) is 0 Å². The second-order valence-electron chi connectivity index (χ2n) is 4.90. The molecule has 2 unspecified atom stereocenters. The van der Waals surface area contributed by atoms with Crippen LogP contribution in [-0.2, 0) is 9.53 Å². The number of amides is 2. The Bertz CT molecular complexity index is 358. The van der Waals surface area contributed by atoms with Crippen LogP contribution in [0, 0.1) is 0 Å². The molecule has 2 fully saturated rings. The average molecular weight is 288 g/mol. The Labute approximate surface area is 117 Å². The van der Waals surface area contributed by atoms with Crippen molar-refractivity contribution < 1.29 is 19.4 Å². The number of likely N-dealkylation sites (tertiary alicyclic amines) is 1. The van der Waals surface area contributed by atoms with E-state index in [1.165, 1.54) is 16.7 Å². The van der Waals surface area contributed by atoms with Gasteiger partial charge in [0.2, 0.25) is 0 Å². The van der Waals surface area contributed by atoms with Crippen LogP contribution in [0.2, 0.25) is 0 Å². The van der Waals surface area contributed by atoms with Gasteiger partial charge in [0, 0.05) is 26.0 Å². The van der Waals surface area contributed by atoms with E-state index >= 15 is 0 Å². The molecule has 2 atom stereocenters. The molecule has 0 saturated carbocycles. The largest absolute Gasteiger partial charge is 0.480 e. The lowest BCUT2D eigenvalue weighted by atomic mass is 10.1. The monoisotopic (exact) mass is 288 g/mol. The van der Waals surface area contributed by atoms with Crippen molar-refractivity contribution in [1.82, 2.24) is 9.80 Å². The molecular formula is C12H20N2O4S. The second kappa shape index (κ2) is 6.00. The topological polar surface area (TPSA) is 70.1 Å². The molecule has 0 bridgehead atoms. The van der Waals surface area contributed by atoms with E-state index in [2.05, 4.69) is 0 Å². The summed E-state index contributed by atoms with van der Waals surface area (Å²) in [4.78, 5) is 26.9. The molecule has 0 aromatic rings. The quantitative estimate of drug-likeness (QED) is 0.823. The summed E-state index contributed by atoms with van der Waals surface area (Å²) in [7, 11) is 1.68. The minimum absolute atomic E-state index is 0.0752. The van der Waals surface area contributed by atoms with Crippen LogP contribution in [0.4, 0.5) is 4.79 Å². The highest BCUT2D eigenvalue weighted by Gasteiger charge is 2.41. The fraction of sp³-hybridized carbons (Fsp3) is 0.833. The lowest BCUT2D eigenvalue weighted by Crippen LogP contribution is -2.53. The van der Waals surface area contributed by atoms with Crippen molar-refractivity contribution in [3.8, 4) is 0 Å². The Balaban J connectivity index is 2.00. The van der Waals surface area contributed by atoms with Gasteiger partial charge in [0.05, 0.1) is 11.5 Å². The molecule has 2 amide bonds. The lowest BCUT2D eigenvalue weighted by Gasteiger charge is -2.36. The van der Waals surface area contributed by atoms with Crippen molar-refractivity contribution in [2.24, 2.45) is 0 Å². The third kappa shape index (κ3) is 2.97. The number of urea groups is 1. The van der Waals surface area contributed by atoms with Crippen LogP contribution < -0.4 is 0 Å². The second-order valence-corrected chi connectivity index (χ2v) is 6.25. The van der Waals surface area contributed by atoms with Gasteiger partial charge in [-0.05, 0) is 19.8 Å². The van der Waals surface area contributed by atoms with E-state index in [9.17, 15) is 14.7 Å². The molecule has 1 N–H and O–H groups in total. The predicted molar refractivity (Wildman–Crippen MR) is 72.2 cm³/mol. The first kappa shape index (κ1) is 14.5. The molecule has 7 heteroatoms. The number of carbonyl (C=O) groups is 2. The van der Waals surface area contributed by atoms with Gasteiger partial charge >= 0.3 is 12.0 Å². The van der Waals surface area contributed by atoms with Crippen molar-refractivity contribution in [3.63, 3.8) is 0 Å². The van der Waals surface area contributed by atoms with Crippen LogP contribution >= 0.6 is 11.8 Å². The first-order valence-electron chi connectivity index (χ1n) is 6.49. The molecule has 2 heterocycles. The van der Waals surface area contributed by atoms with Gasteiger partial charge in [0.1, 0.15) is 6.04 Å². The number of thioether (sulfide) groups is 1.